The van der Waals surface area contributed by atoms with Crippen LogP contribution in [0.15, 0.2) is 12.4 Å². The maximum atomic E-state index is 10.0. The van der Waals surface area contributed by atoms with Crippen LogP contribution >= 0.6 is 0 Å². The largest absolute Gasteiger partial charge is 0.478 e. The molecule has 1 unspecified atom stereocenters. The zero-order chi connectivity index (χ0) is 12.7. The molecule has 1 aromatic rings. The van der Waals surface area contributed by atoms with Crippen LogP contribution in [0.4, 0.5) is 5.82 Å². The molecule has 17 heavy (non-hydrogen) atoms. The highest BCUT2D eigenvalue weighted by Crippen LogP contribution is 2.15. The molecule has 1 rings (SSSR count). The summed E-state index contributed by atoms with van der Waals surface area (Å²) in [6, 6.07) is 1.73. The van der Waals surface area contributed by atoms with Crippen LogP contribution < -0.4 is 10.1 Å². The molecule has 5 nitrogen and oxygen atoms in total. The monoisotopic (exact) mass is 239 g/mol. The molecule has 1 atom stereocenters. The second-order valence-electron chi connectivity index (χ2n) is 4.27. The van der Waals surface area contributed by atoms with Gasteiger partial charge in [0, 0.05) is 12.6 Å². The van der Waals surface area contributed by atoms with Crippen molar-refractivity contribution < 1.29 is 9.84 Å². The Balaban J connectivity index is 2.53. The van der Waals surface area contributed by atoms with E-state index in [2.05, 4.69) is 15.3 Å². The summed E-state index contributed by atoms with van der Waals surface area (Å²) in [6.45, 7) is 6.80. The summed E-state index contributed by atoms with van der Waals surface area (Å²) >= 11 is 0. The van der Waals surface area contributed by atoms with Crippen molar-refractivity contribution in [3.05, 3.63) is 12.4 Å². The first-order valence-electron chi connectivity index (χ1n) is 5.98. The summed E-state index contributed by atoms with van der Waals surface area (Å²) in [7, 11) is 0. The fraction of sp³-hybridized carbons (Fsp3) is 0.667. The molecule has 5 heteroatoms. The summed E-state index contributed by atoms with van der Waals surface area (Å²) in [6.07, 6.45) is 3.15. The van der Waals surface area contributed by atoms with E-state index in [4.69, 9.17) is 4.74 Å². The Hall–Kier alpha value is -1.36. The Kier molecular flexibility index (Phi) is 5.15. The van der Waals surface area contributed by atoms with Gasteiger partial charge in [-0.15, -0.1) is 0 Å². The molecular weight excluding hydrogens is 218 g/mol. The minimum Gasteiger partial charge on any atom is -0.478 e. The number of nitrogens with zero attached hydrogens (tertiary/aromatic N) is 2. The standard InChI is InChI=1S/C12H21N3O2/c1-4-6-12(3,16)8-13-10-7-11(17-5-2)15-9-14-10/h7,9,16H,4-6,8H2,1-3H3,(H,13,14,15). The number of hydrogen-bond acceptors (Lipinski definition) is 5. The zero-order valence-electron chi connectivity index (χ0n) is 10.7. The minimum absolute atomic E-state index is 0.462. The number of rotatable bonds is 7. The molecule has 0 fully saturated rings. The third kappa shape index (κ3) is 4.99. The lowest BCUT2D eigenvalue weighted by Gasteiger charge is -2.23. The molecule has 0 aliphatic carbocycles. The molecule has 0 aromatic carbocycles. The first kappa shape index (κ1) is 13.7. The lowest BCUT2D eigenvalue weighted by atomic mass is 10.0. The van der Waals surface area contributed by atoms with E-state index in [0.29, 0.717) is 24.8 Å². The third-order valence-electron chi connectivity index (χ3n) is 2.37. The van der Waals surface area contributed by atoms with E-state index >= 15 is 0 Å². The Morgan fingerprint density at radius 1 is 1.41 bits per heavy atom. The molecule has 0 radical (unpaired) electrons. The topological polar surface area (TPSA) is 67.3 Å². The Bertz CT molecular complexity index is 342. The average molecular weight is 239 g/mol. The van der Waals surface area contributed by atoms with Crippen LogP contribution in [0.3, 0.4) is 0 Å². The number of aromatic nitrogens is 2. The molecule has 0 aliphatic rings. The maximum Gasteiger partial charge on any atom is 0.218 e. The smallest absolute Gasteiger partial charge is 0.218 e. The Labute approximate surface area is 102 Å². The summed E-state index contributed by atoms with van der Waals surface area (Å²) < 4.78 is 5.27. The lowest BCUT2D eigenvalue weighted by molar-refractivity contribution is 0.0636. The van der Waals surface area contributed by atoms with E-state index < -0.39 is 5.60 Å². The number of nitrogens with one attached hydrogen (secondary N) is 1. The van der Waals surface area contributed by atoms with Gasteiger partial charge in [0.1, 0.15) is 12.1 Å². The van der Waals surface area contributed by atoms with Crippen LogP contribution in [0.5, 0.6) is 5.88 Å². The van der Waals surface area contributed by atoms with Crippen molar-refractivity contribution >= 4 is 5.82 Å². The van der Waals surface area contributed by atoms with Crippen molar-refractivity contribution in [3.8, 4) is 5.88 Å². The number of anilines is 1. The molecule has 0 aliphatic heterocycles. The zero-order valence-corrected chi connectivity index (χ0v) is 10.7. The highest BCUT2D eigenvalue weighted by Gasteiger charge is 2.18. The van der Waals surface area contributed by atoms with Crippen molar-refractivity contribution in [3.63, 3.8) is 0 Å². The van der Waals surface area contributed by atoms with Gasteiger partial charge < -0.3 is 15.2 Å². The molecule has 1 heterocycles. The van der Waals surface area contributed by atoms with Gasteiger partial charge in [-0.05, 0) is 20.3 Å². The summed E-state index contributed by atoms with van der Waals surface area (Å²) in [5.41, 5.74) is -0.717. The average Bonchev–Trinajstić information content (AvgIpc) is 2.28. The van der Waals surface area contributed by atoms with E-state index in [0.717, 1.165) is 12.8 Å². The Morgan fingerprint density at radius 3 is 2.82 bits per heavy atom. The lowest BCUT2D eigenvalue weighted by Crippen LogP contribution is -2.33. The molecule has 1 aromatic heterocycles. The van der Waals surface area contributed by atoms with E-state index in [9.17, 15) is 5.11 Å². The van der Waals surface area contributed by atoms with Crippen molar-refractivity contribution in [2.45, 2.75) is 39.2 Å². The van der Waals surface area contributed by atoms with E-state index in [1.165, 1.54) is 6.33 Å². The molecule has 96 valence electrons. The first-order valence-corrected chi connectivity index (χ1v) is 5.98. The van der Waals surface area contributed by atoms with Crippen LogP contribution in [-0.4, -0.2) is 33.8 Å². The molecule has 2 N–H and O–H groups in total. The second-order valence-corrected chi connectivity index (χ2v) is 4.27. The molecule has 0 bridgehead atoms. The van der Waals surface area contributed by atoms with Gasteiger partial charge in [0.25, 0.3) is 0 Å². The van der Waals surface area contributed by atoms with E-state index in [1.807, 2.05) is 20.8 Å². The molecule has 0 amide bonds. The summed E-state index contributed by atoms with van der Waals surface area (Å²) in [5.74, 6) is 1.21. The van der Waals surface area contributed by atoms with Crippen LogP contribution in [-0.2, 0) is 0 Å². The Morgan fingerprint density at radius 2 is 2.18 bits per heavy atom. The van der Waals surface area contributed by atoms with Gasteiger partial charge >= 0.3 is 0 Å². The van der Waals surface area contributed by atoms with Crippen LogP contribution in [0.1, 0.15) is 33.6 Å². The van der Waals surface area contributed by atoms with Gasteiger partial charge in [-0.25, -0.2) is 9.97 Å². The highest BCUT2D eigenvalue weighted by molar-refractivity contribution is 5.37. The fourth-order valence-corrected chi connectivity index (χ4v) is 1.57. The highest BCUT2D eigenvalue weighted by atomic mass is 16.5. The number of ether oxygens (including phenoxy) is 1. The van der Waals surface area contributed by atoms with Crippen molar-refractivity contribution in [2.75, 3.05) is 18.5 Å². The normalized spacial score (nSPS) is 14.1. The molecule has 0 spiro atoms. The molecule has 0 saturated carbocycles. The van der Waals surface area contributed by atoms with Crippen molar-refractivity contribution in [1.29, 1.82) is 0 Å². The predicted molar refractivity (Wildman–Crippen MR) is 67.2 cm³/mol. The van der Waals surface area contributed by atoms with Gasteiger partial charge in [0.2, 0.25) is 5.88 Å². The van der Waals surface area contributed by atoms with Crippen LogP contribution in [0, 0.1) is 0 Å². The van der Waals surface area contributed by atoms with Crippen molar-refractivity contribution in [1.82, 2.24) is 9.97 Å². The summed E-state index contributed by atoms with van der Waals surface area (Å²) in [5, 5.41) is 13.1. The molecular formula is C12H21N3O2. The first-order chi connectivity index (χ1) is 8.07. The van der Waals surface area contributed by atoms with Crippen LogP contribution in [0.2, 0.25) is 0 Å². The van der Waals surface area contributed by atoms with E-state index in [1.54, 1.807) is 6.07 Å². The fourth-order valence-electron chi connectivity index (χ4n) is 1.57. The third-order valence-corrected chi connectivity index (χ3v) is 2.37. The van der Waals surface area contributed by atoms with Gasteiger partial charge in [0.05, 0.1) is 12.2 Å². The van der Waals surface area contributed by atoms with Crippen LogP contribution in [0.25, 0.3) is 0 Å². The SMILES string of the molecule is CCCC(C)(O)CNc1cc(OCC)ncn1. The van der Waals surface area contributed by atoms with Crippen molar-refractivity contribution in [2.24, 2.45) is 0 Å². The second kappa shape index (κ2) is 6.39. The summed E-state index contributed by atoms with van der Waals surface area (Å²) in [4.78, 5) is 8.05. The quantitative estimate of drug-likeness (QED) is 0.760. The van der Waals surface area contributed by atoms with Gasteiger partial charge in [-0.3, -0.25) is 0 Å². The van der Waals surface area contributed by atoms with Gasteiger partial charge in [0.15, 0.2) is 0 Å². The van der Waals surface area contributed by atoms with Gasteiger partial charge in [-0.2, -0.15) is 0 Å². The minimum atomic E-state index is -0.717. The maximum absolute atomic E-state index is 10.0. The number of aliphatic hydroxyl groups is 1. The predicted octanol–water partition coefficient (Wildman–Crippen LogP) is 1.84. The number of hydrogen-bond donors (Lipinski definition) is 2. The van der Waals surface area contributed by atoms with Gasteiger partial charge in [-0.1, -0.05) is 13.3 Å². The molecule has 0 saturated heterocycles. The van der Waals surface area contributed by atoms with E-state index in [-0.39, 0.29) is 0 Å².